The van der Waals surface area contributed by atoms with E-state index in [1.807, 2.05) is 6.92 Å². The van der Waals surface area contributed by atoms with Crippen molar-refractivity contribution < 1.29 is 14.3 Å². The van der Waals surface area contributed by atoms with E-state index in [9.17, 15) is 9.59 Å². The smallest absolute Gasteiger partial charge is 0.327 e. The first-order valence-electron chi connectivity index (χ1n) is 11.9. The van der Waals surface area contributed by atoms with E-state index in [1.54, 1.807) is 4.57 Å². The number of esters is 1. The van der Waals surface area contributed by atoms with Crippen molar-refractivity contribution in [1.82, 2.24) is 24.4 Å². The molecule has 0 radical (unpaired) electrons. The van der Waals surface area contributed by atoms with Gasteiger partial charge in [-0.25, -0.2) is 4.79 Å². The molecular weight excluding hydrogens is 410 g/mol. The van der Waals surface area contributed by atoms with Crippen molar-refractivity contribution in [1.29, 1.82) is 0 Å². The SMILES string of the molecule is CCCCOc1nc(C)c2[nH]c(=O)n(CCCCCCN3CCC(C(=O)OC)CC3)c2n1. The van der Waals surface area contributed by atoms with Gasteiger partial charge in [0.25, 0.3) is 0 Å². The molecule has 0 atom stereocenters. The van der Waals surface area contributed by atoms with Crippen molar-refractivity contribution in [3.8, 4) is 6.01 Å². The number of nitrogens with one attached hydrogen (secondary N) is 1. The number of unbranched alkanes of at least 4 members (excludes halogenated alkanes) is 4. The molecule has 178 valence electrons. The number of aromatic nitrogens is 4. The number of carbonyl (C=O) groups excluding carboxylic acids is 1. The van der Waals surface area contributed by atoms with Crippen LogP contribution in [0.1, 0.15) is 64.0 Å². The van der Waals surface area contributed by atoms with Gasteiger partial charge in [-0.15, -0.1) is 0 Å². The van der Waals surface area contributed by atoms with Crippen LogP contribution in [0.5, 0.6) is 6.01 Å². The minimum absolute atomic E-state index is 0.0655. The first-order chi connectivity index (χ1) is 15.5. The summed E-state index contributed by atoms with van der Waals surface area (Å²) in [4.78, 5) is 38.2. The predicted molar refractivity (Wildman–Crippen MR) is 123 cm³/mol. The second-order valence-electron chi connectivity index (χ2n) is 8.63. The number of hydrogen-bond acceptors (Lipinski definition) is 7. The molecule has 1 aliphatic heterocycles. The van der Waals surface area contributed by atoms with Crippen molar-refractivity contribution in [2.24, 2.45) is 5.92 Å². The molecule has 0 bridgehead atoms. The molecule has 1 saturated heterocycles. The van der Waals surface area contributed by atoms with Gasteiger partial charge in [-0.05, 0) is 58.7 Å². The molecule has 1 fully saturated rings. The summed E-state index contributed by atoms with van der Waals surface area (Å²) in [5.41, 5.74) is 1.90. The molecule has 32 heavy (non-hydrogen) atoms. The average Bonchev–Trinajstić information content (AvgIpc) is 3.12. The molecule has 9 nitrogen and oxygen atoms in total. The van der Waals surface area contributed by atoms with E-state index >= 15 is 0 Å². The van der Waals surface area contributed by atoms with Crippen LogP contribution < -0.4 is 10.4 Å². The van der Waals surface area contributed by atoms with E-state index < -0.39 is 0 Å². The Hall–Kier alpha value is -2.42. The number of piperidine rings is 1. The van der Waals surface area contributed by atoms with Gasteiger partial charge >= 0.3 is 17.7 Å². The van der Waals surface area contributed by atoms with Gasteiger partial charge in [0.1, 0.15) is 5.52 Å². The number of nitrogens with zero attached hydrogens (tertiary/aromatic N) is 4. The largest absolute Gasteiger partial charge is 0.469 e. The Morgan fingerprint density at radius 2 is 1.81 bits per heavy atom. The maximum atomic E-state index is 12.4. The second-order valence-corrected chi connectivity index (χ2v) is 8.63. The van der Waals surface area contributed by atoms with Crippen molar-refractivity contribution in [2.45, 2.75) is 71.8 Å². The highest BCUT2D eigenvalue weighted by molar-refractivity contribution is 5.73. The van der Waals surface area contributed by atoms with Crippen LogP contribution in [0.3, 0.4) is 0 Å². The van der Waals surface area contributed by atoms with Crippen LogP contribution in [-0.2, 0) is 16.1 Å². The van der Waals surface area contributed by atoms with Crippen LogP contribution >= 0.6 is 0 Å². The Bertz CT molecular complexity index is 930. The van der Waals surface area contributed by atoms with Gasteiger partial charge in [-0.2, -0.15) is 9.97 Å². The number of aromatic amines is 1. The molecular formula is C23H37N5O4. The normalized spacial score (nSPS) is 15.3. The highest BCUT2D eigenvalue weighted by Gasteiger charge is 2.25. The van der Waals surface area contributed by atoms with Gasteiger partial charge in [0, 0.05) is 6.54 Å². The highest BCUT2D eigenvalue weighted by Crippen LogP contribution is 2.19. The van der Waals surface area contributed by atoms with Crippen LogP contribution in [0.2, 0.25) is 0 Å². The fourth-order valence-electron chi connectivity index (χ4n) is 4.24. The highest BCUT2D eigenvalue weighted by atomic mass is 16.5. The van der Waals surface area contributed by atoms with E-state index in [0.29, 0.717) is 30.3 Å². The number of likely N-dealkylation sites (tertiary alicyclic amines) is 1. The molecule has 1 aliphatic rings. The molecule has 0 unspecified atom stereocenters. The lowest BCUT2D eigenvalue weighted by Gasteiger charge is -2.30. The quantitative estimate of drug-likeness (QED) is 0.394. The Morgan fingerprint density at radius 1 is 1.09 bits per heavy atom. The molecule has 1 N–H and O–H groups in total. The second kappa shape index (κ2) is 12.0. The summed E-state index contributed by atoms with van der Waals surface area (Å²) in [6.07, 6.45) is 8.00. The number of rotatable bonds is 12. The van der Waals surface area contributed by atoms with Crippen molar-refractivity contribution >= 4 is 17.1 Å². The monoisotopic (exact) mass is 447 g/mol. The number of imidazole rings is 1. The number of hydrogen-bond donors (Lipinski definition) is 1. The first-order valence-corrected chi connectivity index (χ1v) is 11.9. The summed E-state index contributed by atoms with van der Waals surface area (Å²) in [7, 11) is 1.47. The van der Waals surface area contributed by atoms with Gasteiger partial charge in [0.15, 0.2) is 5.65 Å². The van der Waals surface area contributed by atoms with Crippen molar-refractivity contribution in [3.05, 3.63) is 16.2 Å². The number of fused-ring (bicyclic) bond motifs is 1. The summed E-state index contributed by atoms with van der Waals surface area (Å²) in [6.45, 7) is 8.18. The lowest BCUT2D eigenvalue weighted by atomic mass is 9.97. The van der Waals surface area contributed by atoms with Crippen LogP contribution in [0.25, 0.3) is 11.2 Å². The molecule has 2 aromatic heterocycles. The molecule has 0 aliphatic carbocycles. The molecule has 2 aromatic rings. The molecule has 3 heterocycles. The Labute approximate surface area is 189 Å². The van der Waals surface area contributed by atoms with E-state index in [2.05, 4.69) is 26.8 Å². The summed E-state index contributed by atoms with van der Waals surface area (Å²) in [5.74, 6) is -0.00646. The van der Waals surface area contributed by atoms with Crippen LogP contribution in [-0.4, -0.2) is 63.7 Å². The Morgan fingerprint density at radius 3 is 2.50 bits per heavy atom. The standard InChI is InChI=1S/C23H37N5O4/c1-4-5-16-32-22-24-17(2)19-20(26-22)28(23(30)25-19)13-9-7-6-8-12-27-14-10-18(11-15-27)21(29)31-3/h18H,4-16H2,1-3H3,(H,25,30). The summed E-state index contributed by atoms with van der Waals surface area (Å²) in [6, 6.07) is 0.340. The molecule has 3 rings (SSSR count). The number of ether oxygens (including phenoxy) is 2. The maximum absolute atomic E-state index is 12.4. The maximum Gasteiger partial charge on any atom is 0.327 e. The zero-order valence-electron chi connectivity index (χ0n) is 19.7. The number of H-pyrrole nitrogens is 1. The third-order valence-electron chi connectivity index (χ3n) is 6.24. The summed E-state index contributed by atoms with van der Waals surface area (Å²) in [5, 5.41) is 0. The van der Waals surface area contributed by atoms with Gasteiger partial charge in [0.05, 0.1) is 25.3 Å². The number of carbonyl (C=O) groups is 1. The van der Waals surface area contributed by atoms with Crippen LogP contribution in [0, 0.1) is 12.8 Å². The zero-order chi connectivity index (χ0) is 22.9. The third kappa shape index (κ3) is 6.31. The van der Waals surface area contributed by atoms with Gasteiger partial charge in [-0.3, -0.25) is 9.36 Å². The van der Waals surface area contributed by atoms with E-state index in [4.69, 9.17) is 9.47 Å². The predicted octanol–water partition coefficient (Wildman–Crippen LogP) is 3.05. The minimum atomic E-state index is -0.142. The lowest BCUT2D eigenvalue weighted by Crippen LogP contribution is -2.37. The fraction of sp³-hybridized carbons (Fsp3) is 0.739. The molecule has 0 saturated carbocycles. The lowest BCUT2D eigenvalue weighted by molar-refractivity contribution is -0.147. The van der Waals surface area contributed by atoms with E-state index in [-0.39, 0.29) is 17.6 Å². The average molecular weight is 448 g/mol. The fourth-order valence-corrected chi connectivity index (χ4v) is 4.24. The van der Waals surface area contributed by atoms with E-state index in [0.717, 1.165) is 76.7 Å². The van der Waals surface area contributed by atoms with Crippen LogP contribution in [0.4, 0.5) is 0 Å². The van der Waals surface area contributed by atoms with Crippen molar-refractivity contribution in [2.75, 3.05) is 33.4 Å². The minimum Gasteiger partial charge on any atom is -0.469 e. The summed E-state index contributed by atoms with van der Waals surface area (Å²) < 4.78 is 12.2. The Balaban J connectivity index is 1.43. The molecule has 0 aromatic carbocycles. The molecule has 9 heteroatoms. The first kappa shape index (κ1) is 24.2. The summed E-state index contributed by atoms with van der Waals surface area (Å²) >= 11 is 0. The van der Waals surface area contributed by atoms with E-state index in [1.165, 1.54) is 7.11 Å². The molecule has 0 amide bonds. The molecule has 0 spiro atoms. The number of aryl methyl sites for hydroxylation is 2. The van der Waals surface area contributed by atoms with Crippen LogP contribution in [0.15, 0.2) is 4.79 Å². The third-order valence-corrected chi connectivity index (χ3v) is 6.24. The van der Waals surface area contributed by atoms with Gasteiger partial charge in [-0.1, -0.05) is 26.2 Å². The zero-order valence-corrected chi connectivity index (χ0v) is 19.7. The van der Waals surface area contributed by atoms with Gasteiger partial charge in [0.2, 0.25) is 0 Å². The van der Waals surface area contributed by atoms with Gasteiger partial charge < -0.3 is 19.4 Å². The Kier molecular flexibility index (Phi) is 9.08. The van der Waals surface area contributed by atoms with Crippen molar-refractivity contribution in [3.63, 3.8) is 0 Å². The topological polar surface area (TPSA) is 102 Å². The number of methoxy groups -OCH3 is 1.